The third-order valence-corrected chi connectivity index (χ3v) is 13.2. The summed E-state index contributed by atoms with van der Waals surface area (Å²) in [6, 6.07) is 0. The van der Waals surface area contributed by atoms with Gasteiger partial charge in [0.2, 0.25) is 0 Å². The highest BCUT2D eigenvalue weighted by molar-refractivity contribution is 5.96. The molecule has 6 heteroatoms. The van der Waals surface area contributed by atoms with E-state index in [1.807, 2.05) is 20.8 Å². The van der Waals surface area contributed by atoms with E-state index < -0.39 is 56.8 Å². The molecule has 0 unspecified atom stereocenters. The average Bonchev–Trinajstić information content (AvgIpc) is 2.75. The van der Waals surface area contributed by atoms with E-state index in [-0.39, 0.29) is 23.5 Å². The second-order valence-electron chi connectivity index (χ2n) is 14.9. The summed E-state index contributed by atoms with van der Waals surface area (Å²) in [7, 11) is 0. The molecule has 5 rings (SSSR count). The van der Waals surface area contributed by atoms with Gasteiger partial charge in [0.05, 0.1) is 23.2 Å². The molecule has 36 heavy (non-hydrogen) atoms. The Morgan fingerprint density at radius 3 is 2.19 bits per heavy atom. The lowest BCUT2D eigenvalue weighted by molar-refractivity contribution is -0.232. The van der Waals surface area contributed by atoms with Crippen molar-refractivity contribution < 1.29 is 30.0 Å². The highest BCUT2D eigenvalue weighted by Crippen LogP contribution is 2.75. The predicted molar refractivity (Wildman–Crippen MR) is 136 cm³/mol. The number of carboxylic acid groups (broad SMARTS) is 1. The molecule has 0 radical (unpaired) electrons. The first-order valence-electron chi connectivity index (χ1n) is 14.0. The molecule has 6 nitrogen and oxygen atoms in total. The Bertz CT molecular complexity index is 1030. The minimum atomic E-state index is -1.22. The summed E-state index contributed by atoms with van der Waals surface area (Å²) in [6.45, 7) is 14.4. The number of carboxylic acids is 1. The molecule has 0 saturated heterocycles. The Kier molecular flexibility index (Phi) is 5.45. The van der Waals surface area contributed by atoms with Crippen LogP contribution < -0.4 is 0 Å². The molecule has 0 heterocycles. The van der Waals surface area contributed by atoms with Crippen LogP contribution in [0.4, 0.5) is 0 Å². The van der Waals surface area contributed by atoms with Gasteiger partial charge in [-0.25, -0.2) is 0 Å². The molecule has 0 amide bonds. The van der Waals surface area contributed by atoms with Gasteiger partial charge in [-0.3, -0.25) is 9.59 Å². The molecule has 4 N–H and O–H groups in total. The Morgan fingerprint density at radius 2 is 1.58 bits per heavy atom. The van der Waals surface area contributed by atoms with E-state index in [0.717, 1.165) is 18.4 Å². The number of carbonyl (C=O) groups excluding carboxylic acids is 1. The molecule has 0 aliphatic heterocycles. The van der Waals surface area contributed by atoms with E-state index in [1.165, 1.54) is 0 Å². The van der Waals surface area contributed by atoms with Gasteiger partial charge in [-0.2, -0.15) is 0 Å². The lowest BCUT2D eigenvalue weighted by Gasteiger charge is -2.71. The molecule has 5 aliphatic rings. The molecule has 0 bridgehead atoms. The number of hydrogen-bond donors (Lipinski definition) is 4. The third-order valence-electron chi connectivity index (χ3n) is 13.2. The fourth-order valence-corrected chi connectivity index (χ4v) is 10.8. The van der Waals surface area contributed by atoms with E-state index in [0.29, 0.717) is 32.1 Å². The number of fused-ring (bicyclic) bond motifs is 7. The van der Waals surface area contributed by atoms with Gasteiger partial charge < -0.3 is 20.4 Å². The van der Waals surface area contributed by atoms with Crippen molar-refractivity contribution in [1.82, 2.24) is 0 Å². The quantitative estimate of drug-likeness (QED) is 0.424. The normalized spacial score (nSPS) is 55.9. The van der Waals surface area contributed by atoms with Crippen LogP contribution in [-0.2, 0) is 9.59 Å². The molecule has 0 aromatic rings. The van der Waals surface area contributed by atoms with Gasteiger partial charge in [-0.1, -0.05) is 47.1 Å². The van der Waals surface area contributed by atoms with Gasteiger partial charge in [-0.15, -0.1) is 0 Å². The Balaban J connectivity index is 1.70. The maximum Gasteiger partial charge on any atom is 0.310 e. The zero-order chi connectivity index (χ0) is 26.9. The summed E-state index contributed by atoms with van der Waals surface area (Å²) in [6.07, 6.45) is 4.38. The van der Waals surface area contributed by atoms with Crippen LogP contribution in [0, 0.1) is 50.7 Å². The lowest BCUT2D eigenvalue weighted by atomic mass is 9.32. The van der Waals surface area contributed by atoms with E-state index in [1.54, 1.807) is 13.0 Å². The standard InChI is InChI=1S/C30H46O6/c1-16-8-11-30(24(34)35)13-12-27(5)17(21(30)29(16,7)36)14-18(31)22-26(4)15-19(32)23(33)25(2,3)20(26)9-10-28(22,27)6/h14,16,19-23,32-33,36H,8-13,15H2,1-7H3,(H,34,35)/t16-,19-,20+,21+,22-,23-,26+,27-,28-,29-,30+/m1/s1. The average molecular weight is 503 g/mol. The highest BCUT2D eigenvalue weighted by atomic mass is 16.4. The topological polar surface area (TPSA) is 115 Å². The van der Waals surface area contributed by atoms with Crippen molar-refractivity contribution in [2.24, 2.45) is 50.7 Å². The lowest BCUT2D eigenvalue weighted by Crippen LogP contribution is -2.70. The van der Waals surface area contributed by atoms with Gasteiger partial charge in [0.1, 0.15) is 0 Å². The Labute approximate surface area is 215 Å². The second kappa shape index (κ2) is 7.45. The van der Waals surface area contributed by atoms with Crippen LogP contribution in [0.5, 0.6) is 0 Å². The van der Waals surface area contributed by atoms with E-state index in [2.05, 4.69) is 20.8 Å². The van der Waals surface area contributed by atoms with Crippen molar-refractivity contribution in [2.45, 2.75) is 111 Å². The minimum absolute atomic E-state index is 0.00628. The number of aliphatic hydroxyl groups excluding tert-OH is 2. The number of aliphatic carboxylic acids is 1. The molecular weight excluding hydrogens is 456 g/mol. The Hall–Kier alpha value is -1.24. The van der Waals surface area contributed by atoms with Crippen LogP contribution >= 0.6 is 0 Å². The highest BCUT2D eigenvalue weighted by Gasteiger charge is 2.73. The number of carbonyl (C=O) groups is 2. The Morgan fingerprint density at radius 1 is 0.944 bits per heavy atom. The van der Waals surface area contributed by atoms with E-state index in [4.69, 9.17) is 0 Å². The van der Waals surface area contributed by atoms with Crippen LogP contribution in [0.15, 0.2) is 11.6 Å². The number of allylic oxidation sites excluding steroid dienone is 1. The molecule has 0 spiro atoms. The third kappa shape index (κ3) is 2.85. The van der Waals surface area contributed by atoms with E-state index in [9.17, 15) is 30.0 Å². The number of ketones is 1. The van der Waals surface area contributed by atoms with Crippen molar-refractivity contribution in [2.75, 3.05) is 0 Å². The summed E-state index contributed by atoms with van der Waals surface area (Å²) < 4.78 is 0. The van der Waals surface area contributed by atoms with E-state index >= 15 is 0 Å². The molecular formula is C30H46O6. The van der Waals surface area contributed by atoms with Gasteiger partial charge in [-0.05, 0) is 91.4 Å². The molecule has 202 valence electrons. The number of aliphatic hydroxyl groups is 3. The predicted octanol–water partition coefficient (Wildman–Crippen LogP) is 4.35. The van der Waals surface area contributed by atoms with Crippen LogP contribution in [0.2, 0.25) is 0 Å². The number of hydrogen-bond acceptors (Lipinski definition) is 5. The first kappa shape index (κ1) is 26.4. The fraction of sp³-hybridized carbons (Fsp3) is 0.867. The summed E-state index contributed by atoms with van der Waals surface area (Å²) in [5.74, 6) is -1.77. The molecule has 0 aromatic heterocycles. The van der Waals surface area contributed by atoms with Crippen molar-refractivity contribution in [1.29, 1.82) is 0 Å². The van der Waals surface area contributed by atoms with Gasteiger partial charge >= 0.3 is 5.97 Å². The van der Waals surface area contributed by atoms with Crippen LogP contribution in [0.25, 0.3) is 0 Å². The number of rotatable bonds is 1. The molecule has 4 saturated carbocycles. The van der Waals surface area contributed by atoms with Crippen LogP contribution in [-0.4, -0.2) is 50.0 Å². The summed E-state index contributed by atoms with van der Waals surface area (Å²) in [5.41, 5.74) is -3.31. The van der Waals surface area contributed by atoms with Gasteiger partial charge in [0.15, 0.2) is 5.78 Å². The SMILES string of the molecule is C[C@@H]1CC[C@]2(C(=O)O)CC[C@]3(C)C(=CC(=O)[C@@H]4[C@@]5(C)C[C@@H](O)[C@@H](O)C(C)(C)[C@@H]5CC[C@]43C)[C@H]2[C@]1(C)O. The monoisotopic (exact) mass is 502 g/mol. The van der Waals surface area contributed by atoms with Crippen LogP contribution in [0.1, 0.15) is 93.4 Å². The molecule has 5 aliphatic carbocycles. The van der Waals surface area contributed by atoms with Crippen LogP contribution in [0.3, 0.4) is 0 Å². The summed E-state index contributed by atoms with van der Waals surface area (Å²) >= 11 is 0. The maximum absolute atomic E-state index is 14.3. The molecule has 4 fully saturated rings. The maximum atomic E-state index is 14.3. The summed E-state index contributed by atoms with van der Waals surface area (Å²) in [4.78, 5) is 27.1. The second-order valence-corrected chi connectivity index (χ2v) is 14.9. The molecule has 0 aromatic carbocycles. The van der Waals surface area contributed by atoms with Gasteiger partial charge in [0, 0.05) is 11.8 Å². The summed E-state index contributed by atoms with van der Waals surface area (Å²) in [5, 5.41) is 44.2. The minimum Gasteiger partial charge on any atom is -0.481 e. The van der Waals surface area contributed by atoms with Crippen molar-refractivity contribution in [3.8, 4) is 0 Å². The largest absolute Gasteiger partial charge is 0.481 e. The zero-order valence-electron chi connectivity index (χ0n) is 23.1. The first-order valence-corrected chi connectivity index (χ1v) is 14.0. The smallest absolute Gasteiger partial charge is 0.310 e. The first-order chi connectivity index (χ1) is 16.4. The fourth-order valence-electron chi connectivity index (χ4n) is 10.8. The molecule has 11 atom stereocenters. The zero-order valence-corrected chi connectivity index (χ0v) is 23.1. The van der Waals surface area contributed by atoms with Crippen molar-refractivity contribution in [3.63, 3.8) is 0 Å². The van der Waals surface area contributed by atoms with Gasteiger partial charge in [0.25, 0.3) is 0 Å². The van der Waals surface area contributed by atoms with Crippen molar-refractivity contribution in [3.05, 3.63) is 11.6 Å². The van der Waals surface area contributed by atoms with Crippen molar-refractivity contribution >= 4 is 11.8 Å².